The Morgan fingerprint density at radius 1 is 1.53 bits per heavy atom. The molecule has 0 saturated carbocycles. The minimum Gasteiger partial charge on any atom is -0.484 e. The van der Waals surface area contributed by atoms with E-state index in [1.54, 1.807) is 0 Å². The number of aryl methyl sites for hydroxylation is 1. The van der Waals surface area contributed by atoms with Crippen LogP contribution in [-0.2, 0) is 11.2 Å². The van der Waals surface area contributed by atoms with Gasteiger partial charge in [0.05, 0.1) is 12.5 Å². The normalized spacial score (nSPS) is 9.41. The fourth-order valence-electron chi connectivity index (χ4n) is 1.31. The van der Waals surface area contributed by atoms with Crippen LogP contribution in [0, 0.1) is 11.3 Å². The highest BCUT2D eigenvalue weighted by Gasteiger charge is 2.02. The second kappa shape index (κ2) is 7.29. The van der Waals surface area contributed by atoms with Gasteiger partial charge in [-0.15, -0.1) is 0 Å². The number of nitrogens with one attached hydrogen (secondary N) is 1. The van der Waals surface area contributed by atoms with Crippen LogP contribution in [0.15, 0.2) is 24.3 Å². The number of ether oxygens (including phenoxy) is 1. The molecule has 1 amide bonds. The molecule has 0 saturated heterocycles. The molecule has 0 aliphatic heterocycles. The SMILES string of the molecule is CCc1cccc(OCC(=O)NCCC#N)c1. The number of carbonyl (C=O) groups excluding carboxylic acids is 1. The topological polar surface area (TPSA) is 62.1 Å². The number of carbonyl (C=O) groups is 1. The number of amides is 1. The Bertz CT molecular complexity index is 410. The first-order chi connectivity index (χ1) is 8.26. The van der Waals surface area contributed by atoms with Crippen molar-refractivity contribution in [2.45, 2.75) is 19.8 Å². The van der Waals surface area contributed by atoms with E-state index in [9.17, 15) is 4.79 Å². The van der Waals surface area contributed by atoms with Gasteiger partial charge in [-0.1, -0.05) is 19.1 Å². The Kier molecular flexibility index (Phi) is 5.59. The van der Waals surface area contributed by atoms with Gasteiger partial charge >= 0.3 is 0 Å². The van der Waals surface area contributed by atoms with Gasteiger partial charge in [0.15, 0.2) is 6.61 Å². The summed E-state index contributed by atoms with van der Waals surface area (Å²) in [4.78, 5) is 11.3. The number of hydrogen-bond donors (Lipinski definition) is 1. The summed E-state index contributed by atoms with van der Waals surface area (Å²) in [5.41, 5.74) is 1.17. The minimum atomic E-state index is -0.206. The number of hydrogen-bond acceptors (Lipinski definition) is 3. The molecule has 0 spiro atoms. The molecule has 0 aliphatic carbocycles. The van der Waals surface area contributed by atoms with Crippen molar-refractivity contribution in [1.29, 1.82) is 5.26 Å². The smallest absolute Gasteiger partial charge is 0.257 e. The monoisotopic (exact) mass is 232 g/mol. The molecule has 0 bridgehead atoms. The summed E-state index contributed by atoms with van der Waals surface area (Å²) in [5, 5.41) is 10.9. The molecule has 0 fully saturated rings. The average Bonchev–Trinajstić information content (AvgIpc) is 2.37. The lowest BCUT2D eigenvalue weighted by Crippen LogP contribution is -2.29. The van der Waals surface area contributed by atoms with Crippen molar-refractivity contribution >= 4 is 5.91 Å². The molecule has 0 radical (unpaired) electrons. The first-order valence-corrected chi connectivity index (χ1v) is 5.61. The molecule has 17 heavy (non-hydrogen) atoms. The van der Waals surface area contributed by atoms with E-state index in [1.165, 1.54) is 5.56 Å². The zero-order valence-electron chi connectivity index (χ0n) is 9.90. The summed E-state index contributed by atoms with van der Waals surface area (Å²) in [5.74, 6) is 0.488. The summed E-state index contributed by atoms with van der Waals surface area (Å²) in [6.45, 7) is 2.42. The summed E-state index contributed by atoms with van der Waals surface area (Å²) in [7, 11) is 0. The van der Waals surface area contributed by atoms with Crippen molar-refractivity contribution in [1.82, 2.24) is 5.32 Å². The highest BCUT2D eigenvalue weighted by Crippen LogP contribution is 2.13. The molecule has 1 rings (SSSR count). The lowest BCUT2D eigenvalue weighted by molar-refractivity contribution is -0.123. The lowest BCUT2D eigenvalue weighted by atomic mass is 10.2. The Balaban J connectivity index is 2.34. The Labute approximate surface area is 101 Å². The molecule has 1 aromatic rings. The van der Waals surface area contributed by atoms with Gasteiger partial charge in [0.1, 0.15) is 5.75 Å². The van der Waals surface area contributed by atoms with Crippen LogP contribution in [0.25, 0.3) is 0 Å². The zero-order valence-corrected chi connectivity index (χ0v) is 9.90. The van der Waals surface area contributed by atoms with Crippen LogP contribution in [0.5, 0.6) is 5.75 Å². The summed E-state index contributed by atoms with van der Waals surface area (Å²) in [6, 6.07) is 9.61. The third-order valence-electron chi connectivity index (χ3n) is 2.24. The lowest BCUT2D eigenvalue weighted by Gasteiger charge is -2.07. The summed E-state index contributed by atoms with van der Waals surface area (Å²) < 4.78 is 5.35. The van der Waals surface area contributed by atoms with E-state index in [2.05, 4.69) is 12.2 Å². The second-order valence-electron chi connectivity index (χ2n) is 3.55. The molecule has 90 valence electrons. The molecule has 4 heteroatoms. The van der Waals surface area contributed by atoms with E-state index in [4.69, 9.17) is 10.00 Å². The maximum atomic E-state index is 11.3. The highest BCUT2D eigenvalue weighted by molar-refractivity contribution is 5.77. The number of nitrogens with zero attached hydrogens (tertiary/aromatic N) is 1. The fourth-order valence-corrected chi connectivity index (χ4v) is 1.31. The van der Waals surface area contributed by atoms with Gasteiger partial charge in [-0.3, -0.25) is 4.79 Å². The minimum absolute atomic E-state index is 0.0153. The largest absolute Gasteiger partial charge is 0.484 e. The molecule has 0 atom stereocenters. The van der Waals surface area contributed by atoms with Crippen molar-refractivity contribution in [2.24, 2.45) is 0 Å². The van der Waals surface area contributed by atoms with Crippen LogP contribution in [0.4, 0.5) is 0 Å². The molecule has 0 aliphatic rings. The average molecular weight is 232 g/mol. The second-order valence-corrected chi connectivity index (χ2v) is 3.55. The number of nitriles is 1. The third kappa shape index (κ3) is 5.03. The molecule has 4 nitrogen and oxygen atoms in total. The first kappa shape index (κ1) is 13.0. The first-order valence-electron chi connectivity index (χ1n) is 5.61. The van der Waals surface area contributed by atoms with E-state index >= 15 is 0 Å². The van der Waals surface area contributed by atoms with E-state index in [1.807, 2.05) is 30.3 Å². The van der Waals surface area contributed by atoms with Crippen molar-refractivity contribution in [3.05, 3.63) is 29.8 Å². The van der Waals surface area contributed by atoms with Crippen LogP contribution in [0.1, 0.15) is 18.9 Å². The van der Waals surface area contributed by atoms with E-state index in [0.717, 1.165) is 6.42 Å². The van der Waals surface area contributed by atoms with Gasteiger partial charge in [-0.05, 0) is 24.1 Å². The van der Waals surface area contributed by atoms with Crippen LogP contribution in [0.3, 0.4) is 0 Å². The molecule has 1 N–H and O–H groups in total. The molecule has 0 aromatic heterocycles. The van der Waals surface area contributed by atoms with Crippen LogP contribution >= 0.6 is 0 Å². The van der Waals surface area contributed by atoms with Gasteiger partial charge in [0, 0.05) is 6.54 Å². The molecular weight excluding hydrogens is 216 g/mol. The highest BCUT2D eigenvalue weighted by atomic mass is 16.5. The standard InChI is InChI=1S/C13H16N2O2/c1-2-11-5-3-6-12(9-11)17-10-13(16)15-8-4-7-14/h3,5-6,9H,2,4,8,10H2,1H3,(H,15,16). The van der Waals surface area contributed by atoms with E-state index in [-0.39, 0.29) is 12.5 Å². The molecule has 1 aromatic carbocycles. The maximum Gasteiger partial charge on any atom is 0.257 e. The van der Waals surface area contributed by atoms with Gasteiger partial charge in [-0.2, -0.15) is 5.26 Å². The Morgan fingerprint density at radius 3 is 3.06 bits per heavy atom. The van der Waals surface area contributed by atoms with Gasteiger partial charge in [0.2, 0.25) is 0 Å². The molecular formula is C13H16N2O2. The van der Waals surface area contributed by atoms with Crippen LogP contribution < -0.4 is 10.1 Å². The number of rotatable bonds is 6. The van der Waals surface area contributed by atoms with Crippen LogP contribution in [0.2, 0.25) is 0 Å². The maximum absolute atomic E-state index is 11.3. The quantitative estimate of drug-likeness (QED) is 0.759. The van der Waals surface area contributed by atoms with Crippen molar-refractivity contribution in [2.75, 3.05) is 13.2 Å². The van der Waals surface area contributed by atoms with E-state index < -0.39 is 0 Å². The number of benzene rings is 1. The van der Waals surface area contributed by atoms with E-state index in [0.29, 0.717) is 18.7 Å². The summed E-state index contributed by atoms with van der Waals surface area (Å²) in [6.07, 6.45) is 1.25. The fraction of sp³-hybridized carbons (Fsp3) is 0.385. The van der Waals surface area contributed by atoms with Gasteiger partial charge in [-0.25, -0.2) is 0 Å². The predicted molar refractivity (Wildman–Crippen MR) is 64.6 cm³/mol. The van der Waals surface area contributed by atoms with Crippen molar-refractivity contribution in [3.63, 3.8) is 0 Å². The molecule has 0 heterocycles. The van der Waals surface area contributed by atoms with Crippen molar-refractivity contribution < 1.29 is 9.53 Å². The Morgan fingerprint density at radius 2 is 2.35 bits per heavy atom. The van der Waals surface area contributed by atoms with Gasteiger partial charge in [0.25, 0.3) is 5.91 Å². The van der Waals surface area contributed by atoms with Gasteiger partial charge < -0.3 is 10.1 Å². The molecule has 0 unspecified atom stereocenters. The summed E-state index contributed by atoms with van der Waals surface area (Å²) >= 11 is 0. The third-order valence-corrected chi connectivity index (χ3v) is 2.24. The van der Waals surface area contributed by atoms with Crippen molar-refractivity contribution in [3.8, 4) is 11.8 Å². The zero-order chi connectivity index (χ0) is 12.5. The van der Waals surface area contributed by atoms with Crippen LogP contribution in [-0.4, -0.2) is 19.1 Å². The Hall–Kier alpha value is -2.02. The predicted octanol–water partition coefficient (Wildman–Crippen LogP) is 1.66.